The molecule has 0 saturated carbocycles. The number of ether oxygens (including phenoxy) is 2. The molecule has 0 fully saturated rings. The lowest BCUT2D eigenvalue weighted by atomic mass is 10.2. The van der Waals surface area contributed by atoms with Crippen molar-refractivity contribution in [3.63, 3.8) is 0 Å². The molecule has 0 bridgehead atoms. The van der Waals surface area contributed by atoms with Crippen molar-refractivity contribution in [2.45, 2.75) is 18.7 Å². The molecule has 1 aliphatic heterocycles. The molecule has 2 N–H and O–H groups in total. The van der Waals surface area contributed by atoms with Gasteiger partial charge in [0.15, 0.2) is 0 Å². The average molecular weight is 484 g/mol. The summed E-state index contributed by atoms with van der Waals surface area (Å²) < 4.78 is 35.6. The van der Waals surface area contributed by atoms with Crippen LogP contribution in [-0.4, -0.2) is 33.3 Å². The molecule has 164 valence electrons. The number of hydrazone groups is 1. The number of halogens is 2. The largest absolute Gasteiger partial charge is 0.472 e. The maximum absolute atomic E-state index is 12.5. The zero-order chi connectivity index (χ0) is 22.6. The Morgan fingerprint density at radius 1 is 1.16 bits per heavy atom. The number of nitrogens with one attached hydrogen (secondary N) is 2. The Labute approximate surface area is 189 Å². The Kier molecular flexibility index (Phi) is 7.09. The van der Waals surface area contributed by atoms with Crippen LogP contribution >= 0.6 is 23.2 Å². The van der Waals surface area contributed by atoms with E-state index in [1.807, 2.05) is 6.92 Å². The number of carbonyl (C=O) groups is 1. The first-order valence-corrected chi connectivity index (χ1v) is 11.4. The Bertz CT molecular complexity index is 1160. The van der Waals surface area contributed by atoms with Gasteiger partial charge in [0.1, 0.15) is 17.9 Å². The lowest BCUT2D eigenvalue weighted by molar-refractivity contribution is -0.137. The van der Waals surface area contributed by atoms with E-state index in [9.17, 15) is 13.2 Å². The van der Waals surface area contributed by atoms with Gasteiger partial charge in [0.05, 0.1) is 21.5 Å². The third-order valence-electron chi connectivity index (χ3n) is 4.16. The minimum absolute atomic E-state index is 0.0282. The topological polar surface area (TPSA) is 106 Å². The highest BCUT2D eigenvalue weighted by molar-refractivity contribution is 7.89. The summed E-state index contributed by atoms with van der Waals surface area (Å²) in [6.07, 6.45) is 0. The van der Waals surface area contributed by atoms with Crippen LogP contribution in [0.15, 0.2) is 63.9 Å². The normalized spacial score (nSPS) is 15.0. The molecule has 8 nitrogen and oxygen atoms in total. The van der Waals surface area contributed by atoms with E-state index in [0.717, 1.165) is 5.56 Å². The molecule has 11 heteroatoms. The van der Waals surface area contributed by atoms with Crippen LogP contribution in [-0.2, 0) is 24.3 Å². The average Bonchev–Trinajstić information content (AvgIpc) is 3.12. The van der Waals surface area contributed by atoms with Crippen molar-refractivity contribution in [3.8, 4) is 0 Å². The third kappa shape index (κ3) is 5.49. The van der Waals surface area contributed by atoms with Crippen LogP contribution < -0.4 is 10.1 Å². The minimum Gasteiger partial charge on any atom is -0.472 e. The summed E-state index contributed by atoms with van der Waals surface area (Å²) in [5.41, 5.74) is 1.46. The van der Waals surface area contributed by atoms with Crippen molar-refractivity contribution in [1.82, 2.24) is 4.83 Å². The summed E-state index contributed by atoms with van der Waals surface area (Å²) in [5.74, 6) is -0.652. The molecular formula is C20H19Cl2N3O5S. The van der Waals surface area contributed by atoms with Gasteiger partial charge in [0, 0.05) is 5.69 Å². The number of esters is 1. The standard InChI is InChI=1S/C20H19Cl2N3O5S/c1-3-29-20(26)18-17(24-25-31(27,28)14-7-4-12(2)5-8-14)11-30-19(18)23-13-6-9-15(21)16(22)10-13/h4-10,23,25H,3,11H2,1-2H3/b24-17+. The fourth-order valence-corrected chi connectivity index (χ4v) is 3.74. The molecule has 0 atom stereocenters. The summed E-state index contributed by atoms with van der Waals surface area (Å²) in [6.45, 7) is 3.47. The number of nitrogens with zero attached hydrogens (tertiary/aromatic N) is 1. The lowest BCUT2D eigenvalue weighted by Crippen LogP contribution is -2.23. The Balaban J connectivity index is 1.90. The van der Waals surface area contributed by atoms with Gasteiger partial charge >= 0.3 is 5.97 Å². The van der Waals surface area contributed by atoms with Crippen molar-refractivity contribution in [3.05, 3.63) is 69.5 Å². The molecule has 0 amide bonds. The van der Waals surface area contributed by atoms with Crippen molar-refractivity contribution in [2.24, 2.45) is 5.10 Å². The van der Waals surface area contributed by atoms with Crippen LogP contribution in [0.25, 0.3) is 0 Å². The molecule has 0 radical (unpaired) electrons. The van der Waals surface area contributed by atoms with Gasteiger partial charge in [0.2, 0.25) is 5.88 Å². The first-order valence-electron chi connectivity index (χ1n) is 9.13. The zero-order valence-electron chi connectivity index (χ0n) is 16.6. The van der Waals surface area contributed by atoms with Crippen molar-refractivity contribution < 1.29 is 22.7 Å². The van der Waals surface area contributed by atoms with Crippen molar-refractivity contribution in [2.75, 3.05) is 18.5 Å². The van der Waals surface area contributed by atoms with Crippen LogP contribution in [0.1, 0.15) is 12.5 Å². The van der Waals surface area contributed by atoms with Gasteiger partial charge in [0.25, 0.3) is 10.0 Å². The molecule has 0 aliphatic carbocycles. The monoisotopic (exact) mass is 483 g/mol. The van der Waals surface area contributed by atoms with Gasteiger partial charge in [-0.05, 0) is 44.2 Å². The number of sulfonamides is 1. The van der Waals surface area contributed by atoms with E-state index in [1.54, 1.807) is 37.3 Å². The van der Waals surface area contributed by atoms with Gasteiger partial charge in [-0.25, -0.2) is 4.79 Å². The second-order valence-corrected chi connectivity index (χ2v) is 8.91. The molecule has 0 aromatic heterocycles. The van der Waals surface area contributed by atoms with Gasteiger partial charge < -0.3 is 14.8 Å². The molecule has 31 heavy (non-hydrogen) atoms. The second kappa shape index (κ2) is 9.59. The Hall–Kier alpha value is -2.75. The fraction of sp³-hybridized carbons (Fsp3) is 0.200. The van der Waals surface area contributed by atoms with E-state index in [1.165, 1.54) is 12.1 Å². The molecule has 0 spiro atoms. The predicted octanol–water partition coefficient (Wildman–Crippen LogP) is 3.85. The summed E-state index contributed by atoms with van der Waals surface area (Å²) in [4.78, 5) is 14.7. The SMILES string of the molecule is CCOC(=O)C1=C(Nc2ccc(Cl)c(Cl)c2)OC/C1=N\NS(=O)(=O)c1ccc(C)cc1. The summed E-state index contributed by atoms with van der Waals surface area (Å²) in [7, 11) is -3.93. The zero-order valence-corrected chi connectivity index (χ0v) is 18.9. The van der Waals surface area contributed by atoms with Gasteiger partial charge in [-0.1, -0.05) is 40.9 Å². The number of carbonyl (C=O) groups excluding carboxylic acids is 1. The number of anilines is 1. The highest BCUT2D eigenvalue weighted by Gasteiger charge is 2.31. The van der Waals surface area contributed by atoms with Crippen LogP contribution in [0.3, 0.4) is 0 Å². The summed E-state index contributed by atoms with van der Waals surface area (Å²) in [5, 5.41) is 7.50. The Morgan fingerprint density at radius 2 is 1.87 bits per heavy atom. The van der Waals surface area contributed by atoms with E-state index in [0.29, 0.717) is 15.7 Å². The molecule has 1 aliphatic rings. The Morgan fingerprint density at radius 3 is 2.52 bits per heavy atom. The molecule has 1 heterocycles. The maximum Gasteiger partial charge on any atom is 0.345 e. The molecule has 2 aromatic rings. The molecular weight excluding hydrogens is 465 g/mol. The highest BCUT2D eigenvalue weighted by atomic mass is 35.5. The van der Waals surface area contributed by atoms with Crippen LogP contribution in [0, 0.1) is 6.92 Å². The van der Waals surface area contributed by atoms with E-state index in [-0.39, 0.29) is 35.3 Å². The lowest BCUT2D eigenvalue weighted by Gasteiger charge is -2.10. The third-order valence-corrected chi connectivity index (χ3v) is 6.12. The van der Waals surface area contributed by atoms with Crippen molar-refractivity contribution >= 4 is 50.6 Å². The van der Waals surface area contributed by atoms with Crippen LogP contribution in [0.2, 0.25) is 10.0 Å². The van der Waals surface area contributed by atoms with E-state index in [4.69, 9.17) is 32.7 Å². The smallest absolute Gasteiger partial charge is 0.345 e. The summed E-state index contributed by atoms with van der Waals surface area (Å²) in [6, 6.07) is 11.0. The molecule has 0 saturated heterocycles. The number of benzene rings is 2. The molecule has 2 aromatic carbocycles. The minimum atomic E-state index is -3.93. The number of aryl methyl sites for hydroxylation is 1. The first-order chi connectivity index (χ1) is 14.7. The van der Waals surface area contributed by atoms with E-state index < -0.39 is 16.0 Å². The number of hydrogen-bond donors (Lipinski definition) is 2. The molecule has 0 unspecified atom stereocenters. The second-order valence-electron chi connectivity index (χ2n) is 6.43. The number of rotatable bonds is 7. The van der Waals surface area contributed by atoms with Gasteiger partial charge in [-0.15, -0.1) is 0 Å². The fourth-order valence-electron chi connectivity index (χ4n) is 2.61. The van der Waals surface area contributed by atoms with Gasteiger partial charge in [-0.2, -0.15) is 18.4 Å². The number of hydrogen-bond acceptors (Lipinski definition) is 7. The predicted molar refractivity (Wildman–Crippen MR) is 119 cm³/mol. The van der Waals surface area contributed by atoms with Crippen molar-refractivity contribution in [1.29, 1.82) is 0 Å². The highest BCUT2D eigenvalue weighted by Crippen LogP contribution is 2.28. The maximum atomic E-state index is 12.5. The van der Waals surface area contributed by atoms with Gasteiger partial charge in [-0.3, -0.25) is 0 Å². The van der Waals surface area contributed by atoms with E-state index in [2.05, 4.69) is 15.2 Å². The van der Waals surface area contributed by atoms with Crippen LogP contribution in [0.4, 0.5) is 5.69 Å². The van der Waals surface area contributed by atoms with Crippen LogP contribution in [0.5, 0.6) is 0 Å². The molecule has 3 rings (SSSR count). The van der Waals surface area contributed by atoms with E-state index >= 15 is 0 Å². The summed E-state index contributed by atoms with van der Waals surface area (Å²) >= 11 is 11.9. The first kappa shape index (κ1) is 22.9. The quantitative estimate of drug-likeness (QED) is 0.457.